The Balaban J connectivity index is 1.48. The van der Waals surface area contributed by atoms with Gasteiger partial charge in [-0.3, -0.25) is 4.79 Å². The van der Waals surface area contributed by atoms with Gasteiger partial charge in [-0.25, -0.2) is 0 Å². The van der Waals surface area contributed by atoms with Crippen LogP contribution in [0.1, 0.15) is 24.2 Å². The molecule has 4 nitrogen and oxygen atoms in total. The Morgan fingerprint density at radius 3 is 2.41 bits per heavy atom. The summed E-state index contributed by atoms with van der Waals surface area (Å²) >= 11 is 1.75. The topological polar surface area (TPSA) is 47.6 Å². The lowest BCUT2D eigenvalue weighted by molar-refractivity contribution is 0.102. The molecule has 0 radical (unpaired) electrons. The molecule has 1 N–H and O–H groups in total. The van der Waals surface area contributed by atoms with Gasteiger partial charge in [0.25, 0.3) is 5.91 Å². The lowest BCUT2D eigenvalue weighted by Crippen LogP contribution is -2.12. The summed E-state index contributed by atoms with van der Waals surface area (Å²) in [5, 5.41) is 2.90. The molecule has 0 spiro atoms. The third-order valence-electron chi connectivity index (χ3n) is 3.94. The molecule has 5 heteroatoms. The van der Waals surface area contributed by atoms with E-state index in [1.165, 1.54) is 4.90 Å². The van der Waals surface area contributed by atoms with Gasteiger partial charge in [-0.2, -0.15) is 0 Å². The van der Waals surface area contributed by atoms with Crippen LogP contribution in [0.5, 0.6) is 11.5 Å². The van der Waals surface area contributed by atoms with Crippen molar-refractivity contribution in [3.8, 4) is 11.5 Å². The number of carbonyl (C=O) groups is 1. The molecule has 0 fully saturated rings. The molecular weight excluding hydrogens is 382 g/mol. The summed E-state index contributed by atoms with van der Waals surface area (Å²) < 4.78 is 11.4. The molecule has 0 saturated carbocycles. The van der Waals surface area contributed by atoms with Crippen molar-refractivity contribution in [3.05, 3.63) is 84.4 Å². The maximum atomic E-state index is 12.5. The van der Waals surface area contributed by atoms with E-state index in [1.807, 2.05) is 68.4 Å². The fourth-order valence-corrected chi connectivity index (χ4v) is 3.41. The van der Waals surface area contributed by atoms with Crippen molar-refractivity contribution in [2.24, 2.45) is 0 Å². The average Bonchev–Trinajstić information content (AvgIpc) is 2.72. The molecule has 0 atom stereocenters. The summed E-state index contributed by atoms with van der Waals surface area (Å²) in [6, 6.07) is 24.8. The molecule has 0 aliphatic carbocycles. The molecule has 0 unspecified atom stereocenters. The Morgan fingerprint density at radius 1 is 0.931 bits per heavy atom. The number of anilines is 1. The highest BCUT2D eigenvalue weighted by atomic mass is 32.2. The van der Waals surface area contributed by atoms with Gasteiger partial charge in [-0.1, -0.05) is 24.3 Å². The Kier molecular flexibility index (Phi) is 7.59. The van der Waals surface area contributed by atoms with E-state index in [4.69, 9.17) is 9.47 Å². The Hall–Kier alpha value is -2.92. The summed E-state index contributed by atoms with van der Waals surface area (Å²) in [4.78, 5) is 13.7. The Labute approximate surface area is 176 Å². The first-order valence-corrected chi connectivity index (χ1v) is 10.6. The van der Waals surface area contributed by atoms with Crippen LogP contribution >= 0.6 is 11.8 Å². The lowest BCUT2D eigenvalue weighted by atomic mass is 10.2. The van der Waals surface area contributed by atoms with Crippen molar-refractivity contribution < 1.29 is 14.3 Å². The maximum Gasteiger partial charge on any atom is 0.255 e. The Morgan fingerprint density at radius 2 is 1.69 bits per heavy atom. The minimum absolute atomic E-state index is 0.0830. The minimum atomic E-state index is -0.169. The summed E-state index contributed by atoms with van der Waals surface area (Å²) in [6.45, 7) is 4.54. The van der Waals surface area contributed by atoms with Crippen molar-refractivity contribution in [1.82, 2.24) is 0 Å². The number of amides is 1. The molecule has 0 aromatic heterocycles. The molecule has 0 aliphatic heterocycles. The van der Waals surface area contributed by atoms with Gasteiger partial charge in [0.2, 0.25) is 0 Å². The first kappa shape index (κ1) is 20.8. The molecule has 3 rings (SSSR count). The number of rotatable bonds is 9. The number of hydrogen-bond donors (Lipinski definition) is 1. The summed E-state index contributed by atoms with van der Waals surface area (Å²) in [5.41, 5.74) is 1.28. The fraction of sp³-hybridized carbons (Fsp3) is 0.208. The SMILES string of the molecule is CC(C)Oc1cccc(NC(=O)c2ccc(OCCSc3ccccc3)cc2)c1. The average molecular weight is 408 g/mol. The molecule has 0 heterocycles. The number of hydrogen-bond acceptors (Lipinski definition) is 4. The predicted octanol–water partition coefficient (Wildman–Crippen LogP) is 5.90. The quantitative estimate of drug-likeness (QED) is 0.354. The van der Waals surface area contributed by atoms with Gasteiger partial charge in [0.15, 0.2) is 0 Å². The van der Waals surface area contributed by atoms with Gasteiger partial charge >= 0.3 is 0 Å². The molecule has 1 amide bonds. The van der Waals surface area contributed by atoms with Gasteiger partial charge < -0.3 is 14.8 Å². The van der Waals surface area contributed by atoms with Crippen molar-refractivity contribution in [2.45, 2.75) is 24.8 Å². The molecule has 0 saturated heterocycles. The van der Waals surface area contributed by atoms with E-state index in [0.29, 0.717) is 17.9 Å². The van der Waals surface area contributed by atoms with Crippen LogP contribution in [0.3, 0.4) is 0 Å². The molecule has 29 heavy (non-hydrogen) atoms. The highest BCUT2D eigenvalue weighted by Crippen LogP contribution is 2.21. The van der Waals surface area contributed by atoms with Crippen LogP contribution in [0.4, 0.5) is 5.69 Å². The number of carbonyl (C=O) groups excluding carboxylic acids is 1. The van der Waals surface area contributed by atoms with Gasteiger partial charge in [0, 0.05) is 28.0 Å². The van der Waals surface area contributed by atoms with Gasteiger partial charge in [-0.05, 0) is 62.4 Å². The van der Waals surface area contributed by atoms with Crippen molar-refractivity contribution in [1.29, 1.82) is 0 Å². The van der Waals surface area contributed by atoms with E-state index >= 15 is 0 Å². The molecular formula is C24H25NO3S. The monoisotopic (exact) mass is 407 g/mol. The van der Waals surface area contributed by atoms with Crippen LogP contribution in [0.2, 0.25) is 0 Å². The molecule has 0 aliphatic rings. The standard InChI is InChI=1S/C24H25NO3S/c1-18(2)28-22-8-6-7-20(17-22)25-24(26)19-11-13-21(14-12-19)27-15-16-29-23-9-4-3-5-10-23/h3-14,17-18H,15-16H2,1-2H3,(H,25,26). The van der Waals surface area contributed by atoms with E-state index in [9.17, 15) is 4.79 Å². The molecule has 3 aromatic rings. The number of ether oxygens (including phenoxy) is 2. The van der Waals surface area contributed by atoms with E-state index in [2.05, 4.69) is 17.4 Å². The molecule has 150 valence electrons. The summed E-state index contributed by atoms with van der Waals surface area (Å²) in [5.74, 6) is 2.18. The second-order valence-corrected chi connectivity index (χ2v) is 7.85. The Bertz CT molecular complexity index is 911. The number of thioether (sulfide) groups is 1. The van der Waals surface area contributed by atoms with Crippen molar-refractivity contribution >= 4 is 23.4 Å². The predicted molar refractivity (Wildman–Crippen MR) is 119 cm³/mol. The largest absolute Gasteiger partial charge is 0.493 e. The van der Waals surface area contributed by atoms with Crippen LogP contribution in [-0.2, 0) is 0 Å². The van der Waals surface area contributed by atoms with Crippen LogP contribution in [-0.4, -0.2) is 24.4 Å². The van der Waals surface area contributed by atoms with Crippen LogP contribution in [0.25, 0.3) is 0 Å². The maximum absolute atomic E-state index is 12.5. The third kappa shape index (κ3) is 6.88. The minimum Gasteiger partial charge on any atom is -0.493 e. The van der Waals surface area contributed by atoms with Crippen LogP contribution in [0.15, 0.2) is 83.8 Å². The zero-order valence-corrected chi connectivity index (χ0v) is 17.4. The lowest BCUT2D eigenvalue weighted by Gasteiger charge is -2.12. The third-order valence-corrected chi connectivity index (χ3v) is 4.92. The van der Waals surface area contributed by atoms with E-state index in [-0.39, 0.29) is 12.0 Å². The normalized spacial score (nSPS) is 10.6. The zero-order valence-electron chi connectivity index (χ0n) is 16.6. The molecule has 0 bridgehead atoms. The van der Waals surface area contributed by atoms with Crippen molar-refractivity contribution in [2.75, 3.05) is 17.7 Å². The second-order valence-electron chi connectivity index (χ2n) is 6.68. The summed E-state index contributed by atoms with van der Waals surface area (Å²) in [6.07, 6.45) is 0.0830. The number of nitrogens with one attached hydrogen (secondary N) is 1. The van der Waals surface area contributed by atoms with Crippen LogP contribution < -0.4 is 14.8 Å². The van der Waals surface area contributed by atoms with Gasteiger partial charge in [0.1, 0.15) is 11.5 Å². The van der Waals surface area contributed by atoms with E-state index < -0.39 is 0 Å². The van der Waals surface area contributed by atoms with Crippen LogP contribution in [0, 0.1) is 0 Å². The zero-order chi connectivity index (χ0) is 20.5. The number of benzene rings is 3. The smallest absolute Gasteiger partial charge is 0.255 e. The second kappa shape index (κ2) is 10.6. The highest BCUT2D eigenvalue weighted by molar-refractivity contribution is 7.99. The van der Waals surface area contributed by atoms with Crippen molar-refractivity contribution in [3.63, 3.8) is 0 Å². The van der Waals surface area contributed by atoms with E-state index in [1.54, 1.807) is 23.9 Å². The summed E-state index contributed by atoms with van der Waals surface area (Å²) in [7, 11) is 0. The van der Waals surface area contributed by atoms with E-state index in [0.717, 1.165) is 17.3 Å². The molecule has 3 aromatic carbocycles. The fourth-order valence-electron chi connectivity index (χ4n) is 2.66. The first-order valence-electron chi connectivity index (χ1n) is 9.59. The first-order chi connectivity index (χ1) is 14.1. The van der Waals surface area contributed by atoms with Gasteiger partial charge in [-0.15, -0.1) is 11.8 Å². The highest BCUT2D eigenvalue weighted by Gasteiger charge is 2.08. The van der Waals surface area contributed by atoms with Gasteiger partial charge in [0.05, 0.1) is 12.7 Å².